The van der Waals surface area contributed by atoms with Gasteiger partial charge in [0, 0.05) is 25.2 Å². The Hall–Kier alpha value is -2.72. The van der Waals surface area contributed by atoms with E-state index in [4.69, 9.17) is 4.74 Å². The number of rotatable bonds is 5. The minimum absolute atomic E-state index is 0.146. The molecule has 116 valence electrons. The van der Waals surface area contributed by atoms with Crippen molar-refractivity contribution in [3.05, 3.63) is 78.0 Å². The Kier molecular flexibility index (Phi) is 4.64. The van der Waals surface area contributed by atoms with Crippen molar-refractivity contribution in [3.63, 3.8) is 0 Å². The fraction of sp³-hybridized carbons (Fsp3) is 0.158. The Morgan fingerprint density at radius 2 is 1.87 bits per heavy atom. The first-order chi connectivity index (χ1) is 11.3. The minimum atomic E-state index is -0.178. The van der Waals surface area contributed by atoms with Crippen LogP contribution in [0.15, 0.2) is 66.9 Å². The van der Waals surface area contributed by atoms with Gasteiger partial charge in [-0.2, -0.15) is 0 Å². The number of aromatic nitrogens is 1. The van der Waals surface area contributed by atoms with Crippen molar-refractivity contribution in [2.24, 2.45) is 0 Å². The lowest BCUT2D eigenvalue weighted by atomic mass is 10.1. The van der Waals surface area contributed by atoms with Crippen LogP contribution in [0.25, 0.3) is 10.9 Å². The Morgan fingerprint density at radius 3 is 2.65 bits per heavy atom. The van der Waals surface area contributed by atoms with Crippen LogP contribution >= 0.6 is 0 Å². The van der Waals surface area contributed by atoms with Gasteiger partial charge in [-0.15, -0.1) is 0 Å². The van der Waals surface area contributed by atoms with E-state index in [-0.39, 0.29) is 12.0 Å². The third-order valence-corrected chi connectivity index (χ3v) is 3.78. The predicted molar refractivity (Wildman–Crippen MR) is 90.3 cm³/mol. The Bertz CT molecular complexity index is 797. The first kappa shape index (κ1) is 15.2. The summed E-state index contributed by atoms with van der Waals surface area (Å²) >= 11 is 0. The van der Waals surface area contributed by atoms with Gasteiger partial charge < -0.3 is 10.1 Å². The van der Waals surface area contributed by atoms with Gasteiger partial charge in [-0.05, 0) is 17.7 Å². The molecule has 4 heteroatoms. The number of amides is 1. The van der Waals surface area contributed by atoms with Gasteiger partial charge >= 0.3 is 0 Å². The molecule has 0 saturated heterocycles. The molecule has 2 aromatic carbocycles. The largest absolute Gasteiger partial charge is 0.375 e. The van der Waals surface area contributed by atoms with Gasteiger partial charge in [-0.3, -0.25) is 9.78 Å². The molecule has 1 N–H and O–H groups in total. The molecule has 0 aliphatic carbocycles. The molecule has 0 radical (unpaired) electrons. The first-order valence-electron chi connectivity index (χ1n) is 7.49. The normalized spacial score (nSPS) is 12.0. The van der Waals surface area contributed by atoms with Crippen LogP contribution in [0.4, 0.5) is 0 Å². The summed E-state index contributed by atoms with van der Waals surface area (Å²) in [7, 11) is 1.64. The highest BCUT2D eigenvalue weighted by atomic mass is 16.5. The zero-order valence-corrected chi connectivity index (χ0v) is 12.9. The summed E-state index contributed by atoms with van der Waals surface area (Å²) in [5.74, 6) is -0.146. The number of carbonyl (C=O) groups excluding carboxylic acids is 1. The van der Waals surface area contributed by atoms with Crippen LogP contribution in [-0.4, -0.2) is 24.5 Å². The number of pyridine rings is 1. The molecule has 0 fully saturated rings. The van der Waals surface area contributed by atoms with Crippen LogP contribution < -0.4 is 5.32 Å². The SMILES string of the molecule is COC(CNC(=O)c1cccc2cccnc12)c1ccccc1. The summed E-state index contributed by atoms with van der Waals surface area (Å²) in [4.78, 5) is 16.8. The minimum Gasteiger partial charge on any atom is -0.375 e. The molecule has 3 rings (SSSR count). The van der Waals surface area contributed by atoms with E-state index >= 15 is 0 Å². The molecule has 23 heavy (non-hydrogen) atoms. The van der Waals surface area contributed by atoms with Crippen LogP contribution in [0.2, 0.25) is 0 Å². The number of fused-ring (bicyclic) bond motifs is 1. The molecular formula is C19H18N2O2. The summed E-state index contributed by atoms with van der Waals surface area (Å²) in [5.41, 5.74) is 2.32. The van der Waals surface area contributed by atoms with Crippen LogP contribution in [0, 0.1) is 0 Å². The summed E-state index contributed by atoms with van der Waals surface area (Å²) in [5, 5.41) is 3.89. The van der Waals surface area contributed by atoms with Crippen molar-refractivity contribution in [1.29, 1.82) is 0 Å². The number of benzene rings is 2. The number of ether oxygens (including phenoxy) is 1. The number of methoxy groups -OCH3 is 1. The van der Waals surface area contributed by atoms with Crippen LogP contribution in [0.5, 0.6) is 0 Å². The molecule has 0 aliphatic rings. The lowest BCUT2D eigenvalue weighted by Crippen LogP contribution is -2.29. The molecule has 0 saturated carbocycles. The molecule has 3 aromatic rings. The quantitative estimate of drug-likeness (QED) is 0.786. The molecular weight excluding hydrogens is 288 g/mol. The van der Waals surface area contributed by atoms with Crippen molar-refractivity contribution >= 4 is 16.8 Å². The molecule has 1 unspecified atom stereocenters. The van der Waals surface area contributed by atoms with Crippen molar-refractivity contribution in [3.8, 4) is 0 Å². The molecule has 1 amide bonds. The molecule has 4 nitrogen and oxygen atoms in total. The fourth-order valence-electron chi connectivity index (χ4n) is 2.57. The molecule has 0 bridgehead atoms. The van der Waals surface area contributed by atoms with E-state index in [0.717, 1.165) is 10.9 Å². The smallest absolute Gasteiger partial charge is 0.253 e. The molecule has 1 heterocycles. The van der Waals surface area contributed by atoms with Gasteiger partial charge in [-0.1, -0.05) is 48.5 Å². The fourth-order valence-corrected chi connectivity index (χ4v) is 2.57. The number of nitrogens with zero attached hydrogens (tertiary/aromatic N) is 1. The molecule has 1 aromatic heterocycles. The summed E-state index contributed by atoms with van der Waals surface area (Å²) in [6, 6.07) is 19.2. The van der Waals surface area contributed by atoms with Gasteiger partial charge in [-0.25, -0.2) is 0 Å². The van der Waals surface area contributed by atoms with Crippen molar-refractivity contribution < 1.29 is 9.53 Å². The summed E-state index contributed by atoms with van der Waals surface area (Å²) in [6.45, 7) is 0.405. The maximum absolute atomic E-state index is 12.5. The number of carbonyl (C=O) groups is 1. The van der Waals surface area contributed by atoms with E-state index < -0.39 is 0 Å². The zero-order valence-electron chi connectivity index (χ0n) is 12.9. The first-order valence-corrected chi connectivity index (χ1v) is 7.49. The van der Waals surface area contributed by atoms with Crippen molar-refractivity contribution in [2.45, 2.75) is 6.10 Å². The van der Waals surface area contributed by atoms with Gasteiger partial charge in [0.15, 0.2) is 0 Å². The van der Waals surface area contributed by atoms with Gasteiger partial charge in [0.05, 0.1) is 17.2 Å². The maximum atomic E-state index is 12.5. The van der Waals surface area contributed by atoms with Gasteiger partial charge in [0.25, 0.3) is 5.91 Å². The highest BCUT2D eigenvalue weighted by Crippen LogP contribution is 2.17. The van der Waals surface area contributed by atoms with E-state index in [1.807, 2.05) is 54.6 Å². The highest BCUT2D eigenvalue weighted by molar-refractivity contribution is 6.05. The van der Waals surface area contributed by atoms with Crippen molar-refractivity contribution in [2.75, 3.05) is 13.7 Å². The molecule has 0 aliphatic heterocycles. The summed E-state index contributed by atoms with van der Waals surface area (Å²) < 4.78 is 5.48. The standard InChI is InChI=1S/C19H18N2O2/c1-23-17(14-7-3-2-4-8-14)13-21-19(22)16-11-5-9-15-10-6-12-20-18(15)16/h2-12,17H,13H2,1H3,(H,21,22). The Morgan fingerprint density at radius 1 is 1.09 bits per heavy atom. The number of hydrogen-bond donors (Lipinski definition) is 1. The van der Waals surface area contributed by atoms with Gasteiger partial charge in [0.2, 0.25) is 0 Å². The topological polar surface area (TPSA) is 51.2 Å². The number of para-hydroxylation sites is 1. The maximum Gasteiger partial charge on any atom is 0.253 e. The third kappa shape index (κ3) is 3.38. The van der Waals surface area contributed by atoms with E-state index in [9.17, 15) is 4.79 Å². The second-order valence-electron chi connectivity index (χ2n) is 5.23. The van der Waals surface area contributed by atoms with Crippen LogP contribution in [0.3, 0.4) is 0 Å². The van der Waals surface area contributed by atoms with E-state index in [1.165, 1.54) is 0 Å². The lowest BCUT2D eigenvalue weighted by Gasteiger charge is -2.16. The van der Waals surface area contributed by atoms with Crippen molar-refractivity contribution in [1.82, 2.24) is 10.3 Å². The summed E-state index contributed by atoms with van der Waals surface area (Å²) in [6.07, 6.45) is 1.52. The monoisotopic (exact) mass is 306 g/mol. The number of nitrogens with one attached hydrogen (secondary N) is 1. The average molecular weight is 306 g/mol. The predicted octanol–water partition coefficient (Wildman–Crippen LogP) is 3.35. The van der Waals surface area contributed by atoms with Gasteiger partial charge in [0.1, 0.15) is 0 Å². The second kappa shape index (κ2) is 7.03. The second-order valence-corrected chi connectivity index (χ2v) is 5.23. The van der Waals surface area contributed by atoms with E-state index in [2.05, 4.69) is 10.3 Å². The van der Waals surface area contributed by atoms with E-state index in [1.54, 1.807) is 19.4 Å². The molecule has 0 spiro atoms. The third-order valence-electron chi connectivity index (χ3n) is 3.78. The number of hydrogen-bond acceptors (Lipinski definition) is 3. The van der Waals surface area contributed by atoms with Crippen LogP contribution in [-0.2, 0) is 4.74 Å². The lowest BCUT2D eigenvalue weighted by molar-refractivity contribution is 0.0829. The Labute approximate surface area is 135 Å². The van der Waals surface area contributed by atoms with Crippen LogP contribution in [0.1, 0.15) is 22.0 Å². The average Bonchev–Trinajstić information content (AvgIpc) is 2.62. The highest BCUT2D eigenvalue weighted by Gasteiger charge is 2.14. The Balaban J connectivity index is 1.76. The van der Waals surface area contributed by atoms with E-state index in [0.29, 0.717) is 17.6 Å². The molecule has 1 atom stereocenters. The zero-order chi connectivity index (χ0) is 16.1.